The van der Waals surface area contributed by atoms with Gasteiger partial charge in [0.1, 0.15) is 11.5 Å². The van der Waals surface area contributed by atoms with E-state index in [0.717, 1.165) is 0 Å². The lowest BCUT2D eigenvalue weighted by molar-refractivity contribution is -0.0523. The highest BCUT2D eigenvalue weighted by Crippen LogP contribution is 2.51. The lowest BCUT2D eigenvalue weighted by atomic mass is 9.84. The fraction of sp³-hybridized carbons (Fsp3) is 0.500. The number of alkyl halides is 3. The molecule has 1 aliphatic rings. The molecule has 0 N–H and O–H groups in total. The minimum Gasteiger partial charge on any atom is -0.496 e. The normalized spacial score (nSPS) is 17.2. The van der Waals surface area contributed by atoms with Gasteiger partial charge in [0.15, 0.2) is 11.5 Å². The molecule has 0 heterocycles. The molecule has 0 amide bonds. The molecule has 2 rings (SSSR count). The van der Waals surface area contributed by atoms with E-state index < -0.39 is 21.5 Å². The third kappa shape index (κ3) is 3.29. The summed E-state index contributed by atoms with van der Waals surface area (Å²) in [5.74, 6) is 0.478. The number of fused-ring (bicyclic) bond motifs is 1. The van der Waals surface area contributed by atoms with Gasteiger partial charge in [-0.15, -0.1) is 0 Å². The van der Waals surface area contributed by atoms with Crippen molar-refractivity contribution < 1.29 is 40.0 Å². The SMILES string of the molecule is COc1c(C)c(OC)c(OC)c2c1C=C(OS(=O)(=O)C(F)(F)F)CC2C. The van der Waals surface area contributed by atoms with Crippen LogP contribution in [-0.4, -0.2) is 35.3 Å². The molecule has 26 heavy (non-hydrogen) atoms. The molecule has 0 spiro atoms. The molecule has 0 radical (unpaired) electrons. The second kappa shape index (κ2) is 6.90. The first-order valence-corrected chi connectivity index (χ1v) is 8.93. The van der Waals surface area contributed by atoms with E-state index in [0.29, 0.717) is 33.9 Å². The minimum absolute atomic E-state index is 0.0615. The van der Waals surface area contributed by atoms with Crippen LogP contribution >= 0.6 is 0 Å². The van der Waals surface area contributed by atoms with Gasteiger partial charge in [0.05, 0.1) is 21.3 Å². The summed E-state index contributed by atoms with van der Waals surface area (Å²) in [5, 5.41) is 0. The Morgan fingerprint density at radius 2 is 1.58 bits per heavy atom. The summed E-state index contributed by atoms with van der Waals surface area (Å²) in [6, 6.07) is 0. The summed E-state index contributed by atoms with van der Waals surface area (Å²) in [6.45, 7) is 3.41. The van der Waals surface area contributed by atoms with Gasteiger partial charge in [-0.2, -0.15) is 21.6 Å². The Morgan fingerprint density at radius 3 is 2.04 bits per heavy atom. The smallest absolute Gasteiger partial charge is 0.496 e. The fourth-order valence-electron chi connectivity index (χ4n) is 3.06. The molecule has 0 bridgehead atoms. The van der Waals surface area contributed by atoms with Crippen molar-refractivity contribution in [3.63, 3.8) is 0 Å². The molecule has 1 aromatic carbocycles. The van der Waals surface area contributed by atoms with Crippen molar-refractivity contribution in [1.29, 1.82) is 0 Å². The van der Waals surface area contributed by atoms with E-state index >= 15 is 0 Å². The van der Waals surface area contributed by atoms with Crippen LogP contribution in [0.25, 0.3) is 6.08 Å². The monoisotopic (exact) mass is 396 g/mol. The van der Waals surface area contributed by atoms with Crippen LogP contribution in [0.1, 0.15) is 36.0 Å². The Bertz CT molecular complexity index is 843. The van der Waals surface area contributed by atoms with Gasteiger partial charge in [-0.3, -0.25) is 0 Å². The maximum absolute atomic E-state index is 12.6. The second-order valence-electron chi connectivity index (χ2n) is 5.75. The number of hydrogen-bond donors (Lipinski definition) is 0. The Labute approximate surface area is 149 Å². The van der Waals surface area contributed by atoms with Crippen molar-refractivity contribution in [3.8, 4) is 17.2 Å². The Morgan fingerprint density at radius 1 is 1.04 bits per heavy atom. The second-order valence-corrected chi connectivity index (χ2v) is 7.29. The predicted molar refractivity (Wildman–Crippen MR) is 87.9 cm³/mol. The van der Waals surface area contributed by atoms with Crippen LogP contribution in [0.5, 0.6) is 17.2 Å². The van der Waals surface area contributed by atoms with Crippen LogP contribution in [0.15, 0.2) is 5.76 Å². The first-order chi connectivity index (χ1) is 12.0. The number of ether oxygens (including phenoxy) is 3. The van der Waals surface area contributed by atoms with Gasteiger partial charge in [-0.25, -0.2) is 0 Å². The summed E-state index contributed by atoms with van der Waals surface area (Å²) < 4.78 is 81.0. The molecule has 0 aromatic heterocycles. The standard InChI is InChI=1S/C16H19F3O6S/c1-8-6-10(25-26(20,21)16(17,18)19)7-11-12(8)15(24-5)14(23-4)9(2)13(11)22-3/h7-8H,6H2,1-5H3. The van der Waals surface area contributed by atoms with E-state index in [-0.39, 0.29) is 12.2 Å². The largest absolute Gasteiger partial charge is 0.534 e. The molecule has 1 aliphatic carbocycles. The third-order valence-corrected chi connectivity index (χ3v) is 5.09. The minimum atomic E-state index is -5.75. The van der Waals surface area contributed by atoms with E-state index in [4.69, 9.17) is 14.2 Å². The highest BCUT2D eigenvalue weighted by atomic mass is 32.2. The first-order valence-electron chi connectivity index (χ1n) is 7.52. The molecule has 1 unspecified atom stereocenters. The van der Waals surface area contributed by atoms with E-state index in [1.807, 2.05) is 0 Å². The molecule has 0 fully saturated rings. The molecule has 0 saturated heterocycles. The summed E-state index contributed by atoms with van der Waals surface area (Å²) >= 11 is 0. The van der Waals surface area contributed by atoms with Crippen molar-refractivity contribution in [2.45, 2.75) is 31.7 Å². The zero-order valence-electron chi connectivity index (χ0n) is 14.9. The Kier molecular flexibility index (Phi) is 5.36. The van der Waals surface area contributed by atoms with Crippen molar-refractivity contribution >= 4 is 16.2 Å². The van der Waals surface area contributed by atoms with Gasteiger partial charge >= 0.3 is 15.6 Å². The predicted octanol–water partition coefficient (Wildman–Crippen LogP) is 3.74. The van der Waals surface area contributed by atoms with Gasteiger partial charge in [0.2, 0.25) is 0 Å². The molecule has 1 aromatic rings. The van der Waals surface area contributed by atoms with Crippen molar-refractivity contribution in [3.05, 3.63) is 22.4 Å². The van der Waals surface area contributed by atoms with Crippen LogP contribution < -0.4 is 14.2 Å². The summed E-state index contributed by atoms with van der Waals surface area (Å²) in [4.78, 5) is 0. The van der Waals surface area contributed by atoms with Crippen LogP contribution in [0.2, 0.25) is 0 Å². The van der Waals surface area contributed by atoms with Gasteiger partial charge in [-0.1, -0.05) is 6.92 Å². The number of allylic oxidation sites excluding steroid dienone is 1. The van der Waals surface area contributed by atoms with Crippen molar-refractivity contribution in [2.75, 3.05) is 21.3 Å². The van der Waals surface area contributed by atoms with Gasteiger partial charge in [0.25, 0.3) is 0 Å². The lowest BCUT2D eigenvalue weighted by Gasteiger charge is -2.28. The lowest BCUT2D eigenvalue weighted by Crippen LogP contribution is -2.26. The topological polar surface area (TPSA) is 71.1 Å². The van der Waals surface area contributed by atoms with Gasteiger partial charge < -0.3 is 18.4 Å². The van der Waals surface area contributed by atoms with Crippen LogP contribution in [-0.2, 0) is 14.3 Å². The number of benzene rings is 1. The zero-order chi connectivity index (χ0) is 19.9. The molecule has 146 valence electrons. The van der Waals surface area contributed by atoms with Crippen molar-refractivity contribution in [2.24, 2.45) is 0 Å². The number of rotatable bonds is 5. The molecule has 0 aliphatic heterocycles. The zero-order valence-corrected chi connectivity index (χ0v) is 15.7. The van der Waals surface area contributed by atoms with E-state index in [1.54, 1.807) is 13.8 Å². The molecule has 1 atom stereocenters. The van der Waals surface area contributed by atoms with Gasteiger partial charge in [0, 0.05) is 23.1 Å². The maximum Gasteiger partial charge on any atom is 0.534 e. The average molecular weight is 396 g/mol. The molecule has 0 saturated carbocycles. The van der Waals surface area contributed by atoms with Crippen LogP contribution in [0.3, 0.4) is 0 Å². The van der Waals surface area contributed by atoms with E-state index in [2.05, 4.69) is 4.18 Å². The molecule has 10 heteroatoms. The molecule has 6 nitrogen and oxygen atoms in total. The average Bonchev–Trinajstić information content (AvgIpc) is 2.52. The van der Waals surface area contributed by atoms with E-state index in [1.165, 1.54) is 27.4 Å². The number of hydrogen-bond acceptors (Lipinski definition) is 6. The Balaban J connectivity index is 2.69. The van der Waals surface area contributed by atoms with E-state index in [9.17, 15) is 21.6 Å². The van der Waals surface area contributed by atoms with Crippen LogP contribution in [0.4, 0.5) is 13.2 Å². The highest BCUT2D eigenvalue weighted by Gasteiger charge is 2.49. The Hall–Kier alpha value is -2.10. The van der Waals surface area contributed by atoms with Crippen LogP contribution in [0, 0.1) is 6.92 Å². The fourth-order valence-corrected chi connectivity index (χ4v) is 3.55. The summed E-state index contributed by atoms with van der Waals surface area (Å²) in [5.41, 5.74) is -3.90. The van der Waals surface area contributed by atoms with Crippen molar-refractivity contribution in [1.82, 2.24) is 0 Å². The first kappa shape index (κ1) is 20.2. The summed E-state index contributed by atoms with van der Waals surface area (Å²) in [7, 11) is -1.44. The maximum atomic E-state index is 12.6. The molecular weight excluding hydrogens is 377 g/mol. The quantitative estimate of drug-likeness (QED) is 0.558. The third-order valence-electron chi connectivity index (χ3n) is 4.08. The molecular formula is C16H19F3O6S. The number of methoxy groups -OCH3 is 3. The highest BCUT2D eigenvalue weighted by molar-refractivity contribution is 7.87. The summed E-state index contributed by atoms with van der Waals surface area (Å²) in [6.07, 6.45) is 1.17. The number of halogens is 3. The van der Waals surface area contributed by atoms with Gasteiger partial charge in [-0.05, 0) is 18.9 Å².